The van der Waals surface area contributed by atoms with Crippen LogP contribution < -0.4 is 5.32 Å². The van der Waals surface area contributed by atoms with E-state index in [4.69, 9.17) is 17.1 Å². The fraction of sp³-hybridized carbons (Fsp3) is 0.316. The van der Waals surface area contributed by atoms with Gasteiger partial charge in [0.2, 0.25) is 5.91 Å². The van der Waals surface area contributed by atoms with Crippen LogP contribution in [0.5, 0.6) is 0 Å². The molecule has 142 valence electrons. The smallest absolute Gasteiger partial charge is 0.222 e. The van der Waals surface area contributed by atoms with E-state index in [2.05, 4.69) is 25.4 Å². The molecule has 0 atom stereocenters. The summed E-state index contributed by atoms with van der Waals surface area (Å²) in [5.41, 5.74) is 11.0. The van der Waals surface area contributed by atoms with Crippen LogP contribution >= 0.6 is 11.6 Å². The Morgan fingerprint density at radius 1 is 1.25 bits per heavy atom. The zero-order chi connectivity index (χ0) is 19.5. The van der Waals surface area contributed by atoms with E-state index in [1.807, 2.05) is 36.4 Å². The molecule has 0 unspecified atom stereocenters. The maximum absolute atomic E-state index is 11.7. The Kier molecular flexibility index (Phi) is 5.14. The third-order valence-electron chi connectivity index (χ3n) is 5.05. The van der Waals surface area contributed by atoms with Crippen LogP contribution in [-0.4, -0.2) is 26.5 Å². The number of amides is 1. The van der Waals surface area contributed by atoms with Crippen molar-refractivity contribution in [2.75, 3.05) is 5.32 Å². The lowest BCUT2D eigenvalue weighted by Gasteiger charge is -2.27. The Morgan fingerprint density at radius 3 is 2.82 bits per heavy atom. The predicted octanol–water partition coefficient (Wildman–Crippen LogP) is 4.86. The van der Waals surface area contributed by atoms with E-state index in [1.165, 1.54) is 0 Å². The number of carbonyl (C=O) groups excluding carboxylic acids is 1. The highest BCUT2D eigenvalue weighted by molar-refractivity contribution is 6.30. The van der Waals surface area contributed by atoms with E-state index < -0.39 is 0 Å². The molecule has 2 aromatic heterocycles. The van der Waals surface area contributed by atoms with Crippen molar-refractivity contribution in [1.29, 1.82) is 0 Å². The standard InChI is InChI=1S/C19H18ClN7O/c20-14-3-1-2-13(10-14)16-11-22-18-9-8-17(25-27(16)18)23-15-6-4-12(5-7-15)19(28)24-26-21/h1-3,8-12,15H,4-7H2,(H,23,25)/t12-,15-. The third-order valence-corrected chi connectivity index (χ3v) is 5.29. The average molecular weight is 396 g/mol. The second-order valence-corrected chi connectivity index (χ2v) is 7.30. The fourth-order valence-corrected chi connectivity index (χ4v) is 3.80. The summed E-state index contributed by atoms with van der Waals surface area (Å²) in [6.45, 7) is 0. The molecule has 3 aromatic rings. The van der Waals surface area contributed by atoms with Crippen molar-refractivity contribution in [3.05, 3.63) is 58.1 Å². The largest absolute Gasteiger partial charge is 0.366 e. The highest BCUT2D eigenvalue weighted by atomic mass is 35.5. The average Bonchev–Trinajstić information content (AvgIpc) is 3.12. The van der Waals surface area contributed by atoms with Gasteiger partial charge in [-0.1, -0.05) is 23.7 Å². The van der Waals surface area contributed by atoms with Crippen LogP contribution in [0.25, 0.3) is 27.3 Å². The van der Waals surface area contributed by atoms with Crippen LogP contribution in [0.15, 0.2) is 47.7 Å². The summed E-state index contributed by atoms with van der Waals surface area (Å²) in [6, 6.07) is 11.6. The van der Waals surface area contributed by atoms with Crippen LogP contribution in [0.1, 0.15) is 25.7 Å². The minimum atomic E-state index is -0.356. The molecule has 2 heterocycles. The second kappa shape index (κ2) is 7.88. The molecule has 1 saturated carbocycles. The molecule has 0 aliphatic heterocycles. The number of hydrogen-bond acceptors (Lipinski definition) is 4. The first-order valence-corrected chi connectivity index (χ1v) is 9.48. The topological polar surface area (TPSA) is 108 Å². The van der Waals surface area contributed by atoms with Crippen molar-refractivity contribution in [3.63, 3.8) is 0 Å². The summed E-state index contributed by atoms with van der Waals surface area (Å²) in [5, 5.41) is 12.0. The van der Waals surface area contributed by atoms with Gasteiger partial charge in [0.05, 0.1) is 11.9 Å². The SMILES string of the molecule is [N-]=[N+]=NC(=O)[C@H]1CC[C@H](Nc2ccc3ncc(-c4cccc(Cl)c4)n3n2)CC1. The number of hydrogen-bond donors (Lipinski definition) is 1. The molecule has 1 aromatic carbocycles. The van der Waals surface area contributed by atoms with Crippen molar-refractivity contribution in [1.82, 2.24) is 14.6 Å². The Labute approximate surface area is 166 Å². The molecule has 1 amide bonds. The van der Waals surface area contributed by atoms with Crippen LogP contribution in [-0.2, 0) is 4.79 Å². The number of carbonyl (C=O) groups is 1. The molecular weight excluding hydrogens is 378 g/mol. The van der Waals surface area contributed by atoms with Crippen LogP contribution in [0.3, 0.4) is 0 Å². The Morgan fingerprint density at radius 2 is 2.07 bits per heavy atom. The molecule has 0 radical (unpaired) electrons. The van der Waals surface area contributed by atoms with Gasteiger partial charge < -0.3 is 5.32 Å². The number of halogens is 1. The van der Waals surface area contributed by atoms with Crippen molar-refractivity contribution in [2.24, 2.45) is 11.0 Å². The zero-order valence-corrected chi connectivity index (χ0v) is 15.8. The second-order valence-electron chi connectivity index (χ2n) is 6.86. The van der Waals surface area contributed by atoms with Crippen LogP contribution in [0, 0.1) is 5.92 Å². The van der Waals surface area contributed by atoms with Gasteiger partial charge in [-0.25, -0.2) is 9.50 Å². The lowest BCUT2D eigenvalue weighted by Crippen LogP contribution is -2.29. The van der Waals surface area contributed by atoms with Crippen molar-refractivity contribution in [3.8, 4) is 11.3 Å². The van der Waals surface area contributed by atoms with E-state index in [1.54, 1.807) is 10.7 Å². The maximum Gasteiger partial charge on any atom is 0.222 e. The first-order valence-electron chi connectivity index (χ1n) is 9.10. The summed E-state index contributed by atoms with van der Waals surface area (Å²) >= 11 is 6.11. The highest BCUT2D eigenvalue weighted by Crippen LogP contribution is 2.28. The summed E-state index contributed by atoms with van der Waals surface area (Å²) in [5.74, 6) is 0.219. The summed E-state index contributed by atoms with van der Waals surface area (Å²) in [4.78, 5) is 18.7. The molecule has 9 heteroatoms. The van der Waals surface area contributed by atoms with E-state index >= 15 is 0 Å². The summed E-state index contributed by atoms with van der Waals surface area (Å²) in [6.07, 6.45) is 4.84. The van der Waals surface area contributed by atoms with Gasteiger partial charge in [0.15, 0.2) is 5.65 Å². The highest BCUT2D eigenvalue weighted by Gasteiger charge is 2.25. The lowest BCUT2D eigenvalue weighted by molar-refractivity contribution is -0.122. The van der Waals surface area contributed by atoms with Crippen LogP contribution in [0.4, 0.5) is 5.82 Å². The predicted molar refractivity (Wildman–Crippen MR) is 107 cm³/mol. The zero-order valence-electron chi connectivity index (χ0n) is 15.0. The molecule has 4 rings (SSSR count). The molecule has 1 aliphatic carbocycles. The summed E-state index contributed by atoms with van der Waals surface area (Å²) < 4.78 is 1.80. The molecular formula is C19H18ClN7O. The van der Waals surface area contributed by atoms with Gasteiger partial charge in [0.25, 0.3) is 0 Å². The number of fused-ring (bicyclic) bond motifs is 1. The number of nitrogens with zero attached hydrogens (tertiary/aromatic N) is 6. The molecule has 1 N–H and O–H groups in total. The van der Waals surface area contributed by atoms with Crippen molar-refractivity contribution < 1.29 is 4.79 Å². The van der Waals surface area contributed by atoms with Crippen molar-refractivity contribution >= 4 is 29.0 Å². The van der Waals surface area contributed by atoms with E-state index in [0.717, 1.165) is 35.6 Å². The first kappa shape index (κ1) is 18.3. The van der Waals surface area contributed by atoms with Gasteiger partial charge in [-0.3, -0.25) is 4.79 Å². The molecule has 0 bridgehead atoms. The molecule has 0 saturated heterocycles. The minimum Gasteiger partial charge on any atom is -0.366 e. The van der Waals surface area contributed by atoms with Gasteiger partial charge in [0.1, 0.15) is 5.82 Å². The van der Waals surface area contributed by atoms with Crippen LogP contribution in [0.2, 0.25) is 5.02 Å². The maximum atomic E-state index is 11.7. The molecule has 0 spiro atoms. The monoisotopic (exact) mass is 395 g/mol. The third kappa shape index (κ3) is 3.78. The van der Waals surface area contributed by atoms with Crippen molar-refractivity contribution in [2.45, 2.75) is 31.7 Å². The first-order chi connectivity index (χ1) is 13.6. The number of azide groups is 1. The number of rotatable bonds is 4. The van der Waals surface area contributed by atoms with Gasteiger partial charge in [-0.15, -0.1) is 5.10 Å². The van der Waals surface area contributed by atoms with E-state index in [9.17, 15) is 4.79 Å². The Bertz CT molecular complexity index is 1070. The quantitative estimate of drug-likeness (QED) is 0.386. The van der Waals surface area contributed by atoms with Gasteiger partial charge in [0, 0.05) is 27.5 Å². The normalized spacial score (nSPS) is 19.2. The molecule has 1 fully saturated rings. The number of anilines is 1. The minimum absolute atomic E-state index is 0.174. The van der Waals surface area contributed by atoms with Gasteiger partial charge in [-0.05, 0) is 60.6 Å². The lowest BCUT2D eigenvalue weighted by atomic mass is 9.85. The Balaban J connectivity index is 1.50. The fourth-order valence-electron chi connectivity index (χ4n) is 3.61. The molecule has 8 nitrogen and oxygen atoms in total. The number of nitrogens with one attached hydrogen (secondary N) is 1. The number of imidazole rings is 1. The number of aromatic nitrogens is 3. The number of benzene rings is 1. The Hall–Kier alpha value is -3.09. The van der Waals surface area contributed by atoms with Gasteiger partial charge >= 0.3 is 0 Å². The summed E-state index contributed by atoms with van der Waals surface area (Å²) in [7, 11) is 0. The van der Waals surface area contributed by atoms with E-state index in [-0.39, 0.29) is 17.9 Å². The van der Waals surface area contributed by atoms with E-state index in [0.29, 0.717) is 17.9 Å². The molecule has 28 heavy (non-hydrogen) atoms. The van der Waals surface area contributed by atoms with Gasteiger partial charge in [-0.2, -0.15) is 0 Å². The molecule has 1 aliphatic rings.